The number of piperidine rings is 1. The van der Waals surface area contributed by atoms with Gasteiger partial charge in [-0.1, -0.05) is 13.8 Å². The monoisotopic (exact) mass is 182 g/mol. The number of nitrogens with zero attached hydrogens (tertiary/aromatic N) is 2. The van der Waals surface area contributed by atoms with Crippen molar-refractivity contribution in [3.63, 3.8) is 0 Å². The second kappa shape index (κ2) is 2.71. The van der Waals surface area contributed by atoms with E-state index in [1.807, 2.05) is 0 Å². The maximum absolute atomic E-state index is 2.57. The molecule has 0 aromatic rings. The Balaban J connectivity index is 2.12. The van der Waals surface area contributed by atoms with Gasteiger partial charge in [-0.25, -0.2) is 0 Å². The van der Waals surface area contributed by atoms with Gasteiger partial charge in [-0.15, -0.1) is 0 Å². The van der Waals surface area contributed by atoms with Crippen molar-refractivity contribution in [1.29, 1.82) is 0 Å². The molecule has 0 unspecified atom stereocenters. The van der Waals surface area contributed by atoms with E-state index in [1.165, 1.54) is 32.5 Å². The fraction of sp³-hybridized carbons (Fsp3) is 1.00. The summed E-state index contributed by atoms with van der Waals surface area (Å²) in [5, 5.41) is 0. The molecule has 0 aromatic carbocycles. The third-order valence-electron chi connectivity index (χ3n) is 4.44. The van der Waals surface area contributed by atoms with Crippen LogP contribution in [0.1, 0.15) is 26.7 Å². The summed E-state index contributed by atoms with van der Waals surface area (Å²) >= 11 is 0. The Morgan fingerprint density at radius 3 is 1.92 bits per heavy atom. The van der Waals surface area contributed by atoms with Crippen LogP contribution in [0.5, 0.6) is 0 Å². The minimum absolute atomic E-state index is 0.527. The Bertz CT molecular complexity index is 202. The van der Waals surface area contributed by atoms with E-state index in [0.717, 1.165) is 0 Å². The lowest BCUT2D eigenvalue weighted by molar-refractivity contribution is -0.150. The standard InChI is InChI=1S/C11H22N2/c1-10(2)9-13(4)11(10)5-7-12(3)8-6-11/h5-9H2,1-4H3. The second-order valence-electron chi connectivity index (χ2n) is 5.57. The fourth-order valence-corrected chi connectivity index (χ4v) is 3.36. The van der Waals surface area contributed by atoms with Gasteiger partial charge in [0.1, 0.15) is 0 Å². The third kappa shape index (κ3) is 1.15. The van der Waals surface area contributed by atoms with Crippen LogP contribution >= 0.6 is 0 Å². The highest BCUT2D eigenvalue weighted by atomic mass is 15.3. The molecule has 2 fully saturated rings. The molecule has 0 saturated carbocycles. The van der Waals surface area contributed by atoms with Crippen molar-refractivity contribution < 1.29 is 0 Å². The van der Waals surface area contributed by atoms with Crippen LogP contribution in [-0.4, -0.2) is 49.1 Å². The van der Waals surface area contributed by atoms with Crippen LogP contribution < -0.4 is 0 Å². The van der Waals surface area contributed by atoms with Gasteiger partial charge in [-0.05, 0) is 45.4 Å². The van der Waals surface area contributed by atoms with E-state index in [-0.39, 0.29) is 0 Å². The van der Waals surface area contributed by atoms with Crippen LogP contribution in [0.25, 0.3) is 0 Å². The molecule has 2 heterocycles. The molecule has 2 aliphatic heterocycles. The van der Waals surface area contributed by atoms with Crippen molar-refractivity contribution in [2.45, 2.75) is 32.2 Å². The van der Waals surface area contributed by atoms with Gasteiger partial charge in [0, 0.05) is 12.1 Å². The summed E-state index contributed by atoms with van der Waals surface area (Å²) in [6.45, 7) is 8.68. The summed E-state index contributed by atoms with van der Waals surface area (Å²) in [7, 11) is 4.52. The van der Waals surface area contributed by atoms with Crippen LogP contribution in [0.4, 0.5) is 0 Å². The van der Waals surface area contributed by atoms with E-state index in [0.29, 0.717) is 11.0 Å². The third-order valence-corrected chi connectivity index (χ3v) is 4.44. The topological polar surface area (TPSA) is 6.48 Å². The zero-order valence-corrected chi connectivity index (χ0v) is 9.43. The Morgan fingerprint density at radius 1 is 1.00 bits per heavy atom. The van der Waals surface area contributed by atoms with Crippen LogP contribution in [0.3, 0.4) is 0 Å². The lowest BCUT2D eigenvalue weighted by Gasteiger charge is -2.65. The van der Waals surface area contributed by atoms with Gasteiger partial charge in [-0.2, -0.15) is 0 Å². The van der Waals surface area contributed by atoms with E-state index in [2.05, 4.69) is 37.7 Å². The predicted octanol–water partition coefficient (Wildman–Crippen LogP) is 1.42. The molecule has 2 rings (SSSR count). The van der Waals surface area contributed by atoms with Gasteiger partial charge in [0.2, 0.25) is 0 Å². The second-order valence-corrected chi connectivity index (χ2v) is 5.57. The number of hydrogen-bond donors (Lipinski definition) is 0. The largest absolute Gasteiger partial charge is 0.306 e. The average molecular weight is 182 g/mol. The van der Waals surface area contributed by atoms with Gasteiger partial charge in [-0.3, -0.25) is 4.90 Å². The van der Waals surface area contributed by atoms with Gasteiger partial charge < -0.3 is 4.90 Å². The lowest BCUT2D eigenvalue weighted by atomic mass is 9.59. The van der Waals surface area contributed by atoms with Crippen LogP contribution in [0.15, 0.2) is 0 Å². The molecular formula is C11H22N2. The van der Waals surface area contributed by atoms with Crippen molar-refractivity contribution >= 4 is 0 Å². The average Bonchev–Trinajstić information content (AvgIpc) is 2.04. The molecule has 2 heteroatoms. The summed E-state index contributed by atoms with van der Waals surface area (Å²) in [6.07, 6.45) is 2.71. The Morgan fingerprint density at radius 2 is 1.54 bits per heavy atom. The zero-order valence-electron chi connectivity index (χ0n) is 9.43. The number of rotatable bonds is 0. The van der Waals surface area contributed by atoms with Crippen molar-refractivity contribution in [2.75, 3.05) is 33.7 Å². The Kier molecular flexibility index (Phi) is 1.97. The molecule has 0 atom stereocenters. The normalized spacial score (nSPS) is 33.2. The van der Waals surface area contributed by atoms with E-state index in [9.17, 15) is 0 Å². The Labute approximate surface area is 81.9 Å². The first kappa shape index (κ1) is 9.47. The van der Waals surface area contributed by atoms with E-state index in [4.69, 9.17) is 0 Å². The van der Waals surface area contributed by atoms with E-state index >= 15 is 0 Å². The van der Waals surface area contributed by atoms with Crippen molar-refractivity contribution in [3.05, 3.63) is 0 Å². The molecule has 0 aliphatic carbocycles. The van der Waals surface area contributed by atoms with Gasteiger partial charge in [0.25, 0.3) is 0 Å². The molecule has 0 radical (unpaired) electrons. The van der Waals surface area contributed by atoms with Crippen molar-refractivity contribution in [1.82, 2.24) is 9.80 Å². The van der Waals surface area contributed by atoms with Gasteiger partial charge in [0.15, 0.2) is 0 Å². The van der Waals surface area contributed by atoms with Crippen LogP contribution in [0.2, 0.25) is 0 Å². The quantitative estimate of drug-likeness (QED) is 0.559. The minimum atomic E-state index is 0.527. The summed E-state index contributed by atoms with van der Waals surface area (Å²) < 4.78 is 0. The van der Waals surface area contributed by atoms with E-state index in [1.54, 1.807) is 0 Å². The highest BCUT2D eigenvalue weighted by molar-refractivity contribution is 5.12. The summed E-state index contributed by atoms with van der Waals surface area (Å²) in [4.78, 5) is 5.02. The smallest absolute Gasteiger partial charge is 0.0294 e. The Hall–Kier alpha value is -0.0800. The molecule has 0 bridgehead atoms. The van der Waals surface area contributed by atoms with Crippen LogP contribution in [0, 0.1) is 5.41 Å². The molecule has 0 amide bonds. The molecule has 0 N–H and O–H groups in total. The first-order valence-corrected chi connectivity index (χ1v) is 5.38. The molecule has 0 aromatic heterocycles. The maximum Gasteiger partial charge on any atom is 0.0294 e. The highest BCUT2D eigenvalue weighted by Crippen LogP contribution is 2.51. The molecule has 2 nitrogen and oxygen atoms in total. The zero-order chi connectivity index (χ0) is 9.69. The summed E-state index contributed by atoms with van der Waals surface area (Å²) in [5.41, 5.74) is 1.07. The van der Waals surface area contributed by atoms with Crippen molar-refractivity contribution in [3.8, 4) is 0 Å². The van der Waals surface area contributed by atoms with E-state index < -0.39 is 0 Å². The molecule has 13 heavy (non-hydrogen) atoms. The number of hydrogen-bond acceptors (Lipinski definition) is 2. The minimum Gasteiger partial charge on any atom is -0.306 e. The number of likely N-dealkylation sites (tertiary alicyclic amines) is 2. The SMILES string of the molecule is CN1CCC2(CC1)N(C)CC2(C)C. The van der Waals surface area contributed by atoms with Crippen molar-refractivity contribution in [2.24, 2.45) is 5.41 Å². The van der Waals surface area contributed by atoms with Crippen LogP contribution in [-0.2, 0) is 0 Å². The van der Waals surface area contributed by atoms with Gasteiger partial charge >= 0.3 is 0 Å². The summed E-state index contributed by atoms with van der Waals surface area (Å²) in [6, 6.07) is 0. The highest BCUT2D eigenvalue weighted by Gasteiger charge is 2.57. The summed E-state index contributed by atoms with van der Waals surface area (Å²) in [5.74, 6) is 0. The molecule has 1 spiro atoms. The molecule has 76 valence electrons. The maximum atomic E-state index is 2.57. The molecule has 2 aliphatic rings. The molecule has 2 saturated heterocycles. The first-order chi connectivity index (χ1) is 5.98. The van der Waals surface area contributed by atoms with Gasteiger partial charge in [0.05, 0.1) is 0 Å². The predicted molar refractivity (Wildman–Crippen MR) is 55.9 cm³/mol. The molecular weight excluding hydrogens is 160 g/mol. The fourth-order valence-electron chi connectivity index (χ4n) is 3.36. The first-order valence-electron chi connectivity index (χ1n) is 5.38. The lowest BCUT2D eigenvalue weighted by Crippen LogP contribution is -2.73.